The monoisotopic (exact) mass is 415 g/mol. The molecule has 1 aromatic carbocycles. The van der Waals surface area contributed by atoms with E-state index in [1.54, 1.807) is 23.9 Å². The van der Waals surface area contributed by atoms with Gasteiger partial charge in [0.2, 0.25) is 0 Å². The molecule has 0 unspecified atom stereocenters. The molecule has 0 spiro atoms. The fourth-order valence-corrected chi connectivity index (χ4v) is 3.43. The first kappa shape index (κ1) is 20.0. The third kappa shape index (κ3) is 3.93. The Labute approximate surface area is 178 Å². The summed E-state index contributed by atoms with van der Waals surface area (Å²) in [7, 11) is 1.78. The second kappa shape index (κ2) is 8.23. The number of urea groups is 1. The summed E-state index contributed by atoms with van der Waals surface area (Å²) in [5.41, 5.74) is 9.37. The Balaban J connectivity index is 1.58. The summed E-state index contributed by atoms with van der Waals surface area (Å²) in [5.74, 6) is -0.0647. The van der Waals surface area contributed by atoms with Crippen LogP contribution in [0.25, 0.3) is 11.0 Å². The quantitative estimate of drug-likeness (QED) is 0.429. The number of nitrogens with one attached hydrogen (secondary N) is 2. The molecule has 0 saturated heterocycles. The van der Waals surface area contributed by atoms with Gasteiger partial charge >= 0.3 is 6.03 Å². The maximum Gasteiger partial charge on any atom is 0.323 e. The van der Waals surface area contributed by atoms with Crippen LogP contribution in [0, 0.1) is 0 Å². The first-order valence-electron chi connectivity index (χ1n) is 9.69. The number of anilines is 3. The van der Waals surface area contributed by atoms with E-state index in [1.807, 2.05) is 31.2 Å². The SMILES string of the molecule is CCc1ccccc1NC(=O)Nc1cncc(C(=O)c2cn(C)c3ncnc(N)c23)c1. The van der Waals surface area contributed by atoms with Crippen LogP contribution in [0.15, 0.2) is 55.2 Å². The zero-order valence-corrected chi connectivity index (χ0v) is 17.1. The average molecular weight is 415 g/mol. The molecule has 0 radical (unpaired) electrons. The molecule has 0 aliphatic rings. The fourth-order valence-electron chi connectivity index (χ4n) is 3.43. The Hall–Kier alpha value is -4.27. The lowest BCUT2D eigenvalue weighted by molar-refractivity contribution is 0.103. The molecule has 3 aromatic heterocycles. The van der Waals surface area contributed by atoms with E-state index in [4.69, 9.17) is 5.73 Å². The van der Waals surface area contributed by atoms with Crippen LogP contribution in [-0.2, 0) is 13.5 Å². The van der Waals surface area contributed by atoms with Gasteiger partial charge in [-0.1, -0.05) is 25.1 Å². The Morgan fingerprint density at radius 3 is 2.74 bits per heavy atom. The van der Waals surface area contributed by atoms with Crippen LogP contribution in [0.5, 0.6) is 0 Å². The molecule has 0 bridgehead atoms. The van der Waals surface area contributed by atoms with Crippen LogP contribution in [0.1, 0.15) is 28.4 Å². The van der Waals surface area contributed by atoms with Gasteiger partial charge in [-0.05, 0) is 24.1 Å². The number of aromatic nitrogens is 4. The van der Waals surface area contributed by atoms with Crippen molar-refractivity contribution in [3.8, 4) is 0 Å². The molecule has 4 N–H and O–H groups in total. The highest BCUT2D eigenvalue weighted by Gasteiger charge is 2.20. The third-order valence-electron chi connectivity index (χ3n) is 4.93. The van der Waals surface area contributed by atoms with Crippen LogP contribution < -0.4 is 16.4 Å². The Bertz CT molecular complexity index is 1300. The van der Waals surface area contributed by atoms with Crippen molar-refractivity contribution in [2.24, 2.45) is 7.05 Å². The first-order valence-corrected chi connectivity index (χ1v) is 9.69. The number of hydrogen-bond donors (Lipinski definition) is 3. The summed E-state index contributed by atoms with van der Waals surface area (Å²) in [6.07, 6.45) is 6.72. The highest BCUT2D eigenvalue weighted by Crippen LogP contribution is 2.26. The van der Waals surface area contributed by atoms with Gasteiger partial charge in [-0.2, -0.15) is 0 Å². The number of pyridine rings is 1. The van der Waals surface area contributed by atoms with Crippen LogP contribution >= 0.6 is 0 Å². The number of carbonyl (C=O) groups is 2. The molecule has 0 atom stereocenters. The van der Waals surface area contributed by atoms with Gasteiger partial charge in [-0.15, -0.1) is 0 Å². The summed E-state index contributed by atoms with van der Waals surface area (Å²) in [6.45, 7) is 2.02. The minimum absolute atomic E-state index is 0.227. The van der Waals surface area contributed by atoms with Gasteiger partial charge in [0.05, 0.1) is 22.8 Å². The van der Waals surface area contributed by atoms with Crippen molar-refractivity contribution in [1.29, 1.82) is 0 Å². The number of nitrogens with zero attached hydrogens (tertiary/aromatic N) is 4. The minimum atomic E-state index is -0.421. The molecular formula is C22H21N7O2. The summed E-state index contributed by atoms with van der Waals surface area (Å²) in [6, 6.07) is 8.72. The van der Waals surface area contributed by atoms with Gasteiger partial charge in [0.15, 0.2) is 5.78 Å². The van der Waals surface area contributed by atoms with Crippen molar-refractivity contribution in [2.45, 2.75) is 13.3 Å². The van der Waals surface area contributed by atoms with Crippen LogP contribution in [-0.4, -0.2) is 31.3 Å². The predicted octanol–water partition coefficient (Wildman–Crippen LogP) is 3.38. The number of ketones is 1. The van der Waals surface area contributed by atoms with Crippen LogP contribution in [0.2, 0.25) is 0 Å². The first-order chi connectivity index (χ1) is 15.0. The maximum atomic E-state index is 13.1. The summed E-state index contributed by atoms with van der Waals surface area (Å²) in [5, 5.41) is 6.04. The predicted molar refractivity (Wildman–Crippen MR) is 119 cm³/mol. The zero-order chi connectivity index (χ0) is 22.0. The molecule has 156 valence electrons. The number of fused-ring (bicyclic) bond motifs is 1. The second-order valence-corrected chi connectivity index (χ2v) is 6.99. The van der Waals surface area contributed by atoms with E-state index in [0.717, 1.165) is 17.7 Å². The number of hydrogen-bond acceptors (Lipinski definition) is 6. The van der Waals surface area contributed by atoms with Gasteiger partial charge < -0.3 is 20.9 Å². The van der Waals surface area contributed by atoms with E-state index in [-0.39, 0.29) is 11.6 Å². The smallest absolute Gasteiger partial charge is 0.323 e. The van der Waals surface area contributed by atoms with Crippen molar-refractivity contribution in [1.82, 2.24) is 19.5 Å². The van der Waals surface area contributed by atoms with E-state index >= 15 is 0 Å². The molecule has 0 aliphatic heterocycles. The summed E-state index contributed by atoms with van der Waals surface area (Å²) < 4.78 is 1.72. The topological polar surface area (TPSA) is 128 Å². The fraction of sp³-hybridized carbons (Fsp3) is 0.136. The lowest BCUT2D eigenvalue weighted by Gasteiger charge is -2.11. The molecule has 9 heteroatoms. The minimum Gasteiger partial charge on any atom is -0.383 e. The molecular weight excluding hydrogens is 394 g/mol. The van der Waals surface area contributed by atoms with Crippen molar-refractivity contribution < 1.29 is 9.59 Å². The average Bonchev–Trinajstić information content (AvgIpc) is 3.11. The number of amides is 2. The van der Waals surface area contributed by atoms with Crippen molar-refractivity contribution in [3.05, 3.63) is 71.9 Å². The molecule has 4 aromatic rings. The lowest BCUT2D eigenvalue weighted by Crippen LogP contribution is -2.20. The van der Waals surface area contributed by atoms with Crippen molar-refractivity contribution >= 4 is 40.0 Å². The molecule has 2 amide bonds. The van der Waals surface area contributed by atoms with Gasteiger partial charge in [-0.3, -0.25) is 9.78 Å². The number of aryl methyl sites for hydroxylation is 2. The molecule has 0 fully saturated rings. The highest BCUT2D eigenvalue weighted by atomic mass is 16.2. The van der Waals surface area contributed by atoms with Gasteiger partial charge in [0, 0.05) is 30.7 Å². The van der Waals surface area contributed by atoms with E-state index < -0.39 is 6.03 Å². The molecule has 3 heterocycles. The van der Waals surface area contributed by atoms with Crippen LogP contribution in [0.3, 0.4) is 0 Å². The van der Waals surface area contributed by atoms with E-state index in [0.29, 0.717) is 27.8 Å². The van der Waals surface area contributed by atoms with E-state index in [2.05, 4.69) is 25.6 Å². The van der Waals surface area contributed by atoms with E-state index in [9.17, 15) is 9.59 Å². The molecule has 4 rings (SSSR count). The normalized spacial score (nSPS) is 10.8. The highest BCUT2D eigenvalue weighted by molar-refractivity contribution is 6.18. The number of carbonyl (C=O) groups excluding carboxylic acids is 2. The molecule has 0 saturated carbocycles. The Morgan fingerprint density at radius 2 is 1.94 bits per heavy atom. The molecule has 9 nitrogen and oxygen atoms in total. The lowest BCUT2D eigenvalue weighted by atomic mass is 10.1. The summed E-state index contributed by atoms with van der Waals surface area (Å²) >= 11 is 0. The van der Waals surface area contributed by atoms with Gasteiger partial charge in [-0.25, -0.2) is 14.8 Å². The Kier molecular flexibility index (Phi) is 5.31. The van der Waals surface area contributed by atoms with Crippen molar-refractivity contribution in [2.75, 3.05) is 16.4 Å². The molecule has 0 aliphatic carbocycles. The number of rotatable bonds is 5. The van der Waals surface area contributed by atoms with Gasteiger partial charge in [0.1, 0.15) is 17.8 Å². The number of nitrogens with two attached hydrogens (primary N) is 1. The number of para-hydroxylation sites is 1. The number of benzene rings is 1. The van der Waals surface area contributed by atoms with E-state index in [1.165, 1.54) is 18.7 Å². The standard InChI is InChI=1S/C22H21N7O2/c1-3-13-6-4-5-7-17(13)28-22(31)27-15-8-14(9-24-10-15)19(30)16-11-29(2)21-18(16)20(23)25-12-26-21/h4-12H,3H2,1-2H3,(H2,23,25,26)(H2,27,28,31). The van der Waals surface area contributed by atoms with Crippen LogP contribution in [0.4, 0.5) is 22.0 Å². The number of nitrogen functional groups attached to an aromatic ring is 1. The van der Waals surface area contributed by atoms with Crippen molar-refractivity contribution in [3.63, 3.8) is 0 Å². The second-order valence-electron chi connectivity index (χ2n) is 6.99. The molecule has 31 heavy (non-hydrogen) atoms. The largest absolute Gasteiger partial charge is 0.383 e. The third-order valence-corrected chi connectivity index (χ3v) is 4.93. The zero-order valence-electron chi connectivity index (χ0n) is 17.1. The van der Waals surface area contributed by atoms with Gasteiger partial charge in [0.25, 0.3) is 0 Å². The summed E-state index contributed by atoms with van der Waals surface area (Å²) in [4.78, 5) is 37.9. The Morgan fingerprint density at radius 1 is 1.13 bits per heavy atom. The maximum absolute atomic E-state index is 13.1.